The monoisotopic (exact) mass is 276 g/mol. The van der Waals surface area contributed by atoms with Crippen LogP contribution in [0.3, 0.4) is 0 Å². The molecule has 0 saturated carbocycles. The van der Waals surface area contributed by atoms with Crippen LogP contribution in [0.1, 0.15) is 5.56 Å². The largest absolute Gasteiger partial charge is 0.481 e. The lowest BCUT2D eigenvalue weighted by Gasteiger charge is -2.06. The van der Waals surface area contributed by atoms with Crippen molar-refractivity contribution in [2.24, 2.45) is 5.10 Å². The highest BCUT2D eigenvalue weighted by Gasteiger charge is 2.03. The topological polar surface area (TPSA) is 128 Å². The molecule has 0 unspecified atom stereocenters. The summed E-state index contributed by atoms with van der Waals surface area (Å²) >= 11 is 0. The van der Waals surface area contributed by atoms with Crippen LogP contribution in [0.2, 0.25) is 0 Å². The van der Waals surface area contributed by atoms with E-state index in [-0.39, 0.29) is 5.95 Å². The summed E-state index contributed by atoms with van der Waals surface area (Å²) in [6.45, 7) is -0.421. The lowest BCUT2D eigenvalue weighted by Crippen LogP contribution is -2.11. The summed E-state index contributed by atoms with van der Waals surface area (Å²) in [5, 5.41) is 19.8. The number of hydrogen-bond donors (Lipinski definition) is 3. The van der Waals surface area contributed by atoms with Crippen molar-refractivity contribution >= 4 is 18.1 Å². The first-order chi connectivity index (χ1) is 9.66. The van der Waals surface area contributed by atoms with Gasteiger partial charge in [0.25, 0.3) is 5.95 Å². The van der Waals surface area contributed by atoms with Crippen LogP contribution >= 0.6 is 0 Å². The van der Waals surface area contributed by atoms with E-state index < -0.39 is 12.6 Å². The van der Waals surface area contributed by atoms with Gasteiger partial charge in [-0.2, -0.15) is 5.10 Å². The molecule has 1 heterocycles. The number of hydrogen-bond acceptors (Lipinski definition) is 7. The van der Waals surface area contributed by atoms with Gasteiger partial charge in [0, 0.05) is 5.56 Å². The van der Waals surface area contributed by atoms with E-state index in [1.165, 1.54) is 17.2 Å². The van der Waals surface area contributed by atoms with Crippen LogP contribution < -0.4 is 16.0 Å². The lowest BCUT2D eigenvalue weighted by atomic mass is 10.2. The molecule has 9 nitrogen and oxygen atoms in total. The number of carboxylic acids is 1. The number of carbonyl (C=O) groups is 1. The van der Waals surface area contributed by atoms with Gasteiger partial charge in [0.15, 0.2) is 6.61 Å². The van der Waals surface area contributed by atoms with Crippen molar-refractivity contribution < 1.29 is 14.6 Å². The van der Waals surface area contributed by atoms with E-state index in [9.17, 15) is 4.79 Å². The number of carboxylic acid groups (broad SMARTS) is 1. The number of nitrogens with one attached hydrogen (secondary N) is 1. The number of hydrazone groups is 1. The molecule has 2 aromatic rings. The minimum absolute atomic E-state index is 0.269. The zero-order valence-corrected chi connectivity index (χ0v) is 10.3. The number of anilines is 1. The molecule has 1 aromatic heterocycles. The summed E-state index contributed by atoms with van der Waals surface area (Å²) < 4.78 is 6.30. The number of rotatable bonds is 6. The zero-order valence-electron chi connectivity index (χ0n) is 10.3. The van der Waals surface area contributed by atoms with Crippen LogP contribution in [-0.4, -0.2) is 38.8 Å². The average molecular weight is 276 g/mol. The highest BCUT2D eigenvalue weighted by molar-refractivity contribution is 5.84. The van der Waals surface area contributed by atoms with E-state index >= 15 is 0 Å². The van der Waals surface area contributed by atoms with E-state index in [0.29, 0.717) is 11.3 Å². The average Bonchev–Trinajstić information content (AvgIpc) is 2.83. The Hall–Kier alpha value is -3.10. The Kier molecular flexibility index (Phi) is 4.12. The Morgan fingerprint density at radius 3 is 3.05 bits per heavy atom. The number of para-hydroxylation sites is 1. The van der Waals surface area contributed by atoms with Crippen LogP contribution in [0.4, 0.5) is 5.95 Å². The van der Waals surface area contributed by atoms with Gasteiger partial charge in [0.2, 0.25) is 0 Å². The molecule has 2 rings (SSSR count). The van der Waals surface area contributed by atoms with E-state index in [1.807, 2.05) is 0 Å². The molecule has 104 valence electrons. The Labute approximate surface area is 113 Å². The normalized spacial score (nSPS) is 10.6. The Morgan fingerprint density at radius 2 is 2.35 bits per heavy atom. The fourth-order valence-electron chi connectivity index (χ4n) is 1.34. The number of nitrogens with two attached hydrogens (primary N) is 1. The Balaban J connectivity index is 2.05. The molecule has 0 aliphatic carbocycles. The first kappa shape index (κ1) is 13.3. The fraction of sp³-hybridized carbons (Fsp3) is 0.0909. The summed E-state index contributed by atoms with van der Waals surface area (Å²) in [5.41, 5.74) is 3.21. The molecular formula is C11H12N6O3. The zero-order chi connectivity index (χ0) is 14.4. The molecule has 0 bridgehead atoms. The van der Waals surface area contributed by atoms with Gasteiger partial charge in [-0.1, -0.05) is 12.1 Å². The van der Waals surface area contributed by atoms with Gasteiger partial charge in [-0.05, 0) is 12.1 Å². The number of benzene rings is 1. The minimum atomic E-state index is -1.05. The maximum Gasteiger partial charge on any atom is 0.341 e. The maximum absolute atomic E-state index is 10.5. The summed E-state index contributed by atoms with van der Waals surface area (Å²) in [6.07, 6.45) is 2.79. The van der Waals surface area contributed by atoms with Crippen molar-refractivity contribution in [1.29, 1.82) is 0 Å². The minimum Gasteiger partial charge on any atom is -0.481 e. The molecule has 0 amide bonds. The van der Waals surface area contributed by atoms with Crippen LogP contribution in [0.15, 0.2) is 35.7 Å². The van der Waals surface area contributed by atoms with Crippen LogP contribution in [0.5, 0.6) is 5.75 Å². The first-order valence-electron chi connectivity index (χ1n) is 5.54. The molecule has 0 fully saturated rings. The molecule has 0 radical (unpaired) electrons. The second-order valence-corrected chi connectivity index (χ2v) is 3.65. The predicted octanol–water partition coefficient (Wildman–Crippen LogP) is -0.0987. The van der Waals surface area contributed by atoms with Crippen LogP contribution in [0.25, 0.3) is 0 Å². The number of ether oxygens (including phenoxy) is 1. The summed E-state index contributed by atoms with van der Waals surface area (Å²) in [7, 11) is 0. The van der Waals surface area contributed by atoms with Crippen molar-refractivity contribution in [3.8, 4) is 5.75 Å². The van der Waals surface area contributed by atoms with E-state index in [4.69, 9.17) is 15.7 Å². The second-order valence-electron chi connectivity index (χ2n) is 3.65. The smallest absolute Gasteiger partial charge is 0.341 e. The third kappa shape index (κ3) is 3.45. The van der Waals surface area contributed by atoms with E-state index in [0.717, 1.165) is 0 Å². The van der Waals surface area contributed by atoms with Gasteiger partial charge < -0.3 is 15.7 Å². The fourth-order valence-corrected chi connectivity index (χ4v) is 1.34. The van der Waals surface area contributed by atoms with Crippen molar-refractivity contribution in [2.75, 3.05) is 17.9 Å². The Morgan fingerprint density at radius 1 is 1.55 bits per heavy atom. The van der Waals surface area contributed by atoms with Gasteiger partial charge in [-0.25, -0.2) is 14.9 Å². The lowest BCUT2D eigenvalue weighted by molar-refractivity contribution is -0.139. The molecule has 0 aliphatic heterocycles. The predicted molar refractivity (Wildman–Crippen MR) is 71.0 cm³/mol. The third-order valence-electron chi connectivity index (χ3n) is 2.21. The van der Waals surface area contributed by atoms with E-state index in [2.05, 4.69) is 20.7 Å². The molecule has 0 aliphatic rings. The van der Waals surface area contributed by atoms with Gasteiger partial charge in [0.05, 0.1) is 6.21 Å². The SMILES string of the molecule is Nn1cnnc1N/N=C\c1ccccc1OCC(=O)O. The standard InChI is InChI=1S/C11H12N6O3/c12-17-7-14-16-11(17)15-13-5-8-3-1-2-4-9(8)20-6-10(18)19/h1-5,7H,6,12H2,(H,15,16)(H,18,19)/b13-5-. The number of aromatic nitrogens is 3. The number of nitrogen functional groups attached to an aromatic ring is 1. The molecule has 4 N–H and O–H groups in total. The quantitative estimate of drug-likeness (QED) is 0.382. The summed E-state index contributed by atoms with van der Waals surface area (Å²) in [5.74, 6) is 5.13. The van der Waals surface area contributed by atoms with Crippen LogP contribution in [0, 0.1) is 0 Å². The van der Waals surface area contributed by atoms with Crippen molar-refractivity contribution in [3.63, 3.8) is 0 Å². The van der Waals surface area contributed by atoms with Gasteiger partial charge in [-0.3, -0.25) is 0 Å². The Bertz CT molecular complexity index is 624. The molecule has 0 saturated heterocycles. The first-order valence-corrected chi connectivity index (χ1v) is 5.54. The van der Waals surface area contributed by atoms with Crippen LogP contribution in [-0.2, 0) is 4.79 Å². The summed E-state index contributed by atoms with van der Waals surface area (Å²) in [4.78, 5) is 10.5. The van der Waals surface area contributed by atoms with Gasteiger partial charge in [0.1, 0.15) is 12.1 Å². The van der Waals surface area contributed by atoms with Gasteiger partial charge >= 0.3 is 5.97 Å². The van der Waals surface area contributed by atoms with E-state index in [1.54, 1.807) is 24.3 Å². The van der Waals surface area contributed by atoms with Crippen molar-refractivity contribution in [2.45, 2.75) is 0 Å². The highest BCUT2D eigenvalue weighted by Crippen LogP contribution is 2.15. The highest BCUT2D eigenvalue weighted by atomic mass is 16.5. The van der Waals surface area contributed by atoms with Crippen molar-refractivity contribution in [1.82, 2.24) is 14.9 Å². The molecule has 1 aromatic carbocycles. The summed E-state index contributed by atoms with van der Waals surface area (Å²) in [6, 6.07) is 6.89. The second kappa shape index (κ2) is 6.18. The van der Waals surface area contributed by atoms with Gasteiger partial charge in [-0.15, -0.1) is 10.2 Å². The molecular weight excluding hydrogens is 264 g/mol. The maximum atomic E-state index is 10.5. The molecule has 20 heavy (non-hydrogen) atoms. The number of aliphatic carboxylic acids is 1. The third-order valence-corrected chi connectivity index (χ3v) is 2.21. The molecule has 0 atom stereocenters. The molecule has 9 heteroatoms. The van der Waals surface area contributed by atoms with Crippen molar-refractivity contribution in [3.05, 3.63) is 36.2 Å². The molecule has 0 spiro atoms. The number of nitrogens with zero attached hydrogens (tertiary/aromatic N) is 4.